The third-order valence-electron chi connectivity index (χ3n) is 5.41. The van der Waals surface area contributed by atoms with Gasteiger partial charge in [0.15, 0.2) is 16.5 Å². The number of nitrogens with zero attached hydrogens (tertiary/aromatic N) is 2. The maximum Gasteiger partial charge on any atom is 0.259 e. The molecule has 1 aliphatic heterocycles. The highest BCUT2D eigenvalue weighted by molar-refractivity contribution is 7.17. The molecule has 0 saturated heterocycles. The van der Waals surface area contributed by atoms with Crippen LogP contribution in [-0.2, 0) is 25.9 Å². The van der Waals surface area contributed by atoms with Gasteiger partial charge in [-0.1, -0.05) is 0 Å². The Labute approximate surface area is 167 Å². The second-order valence-corrected chi connectivity index (χ2v) is 8.73. The summed E-state index contributed by atoms with van der Waals surface area (Å²) in [6.07, 6.45) is 4.44. The van der Waals surface area contributed by atoms with Gasteiger partial charge in [0, 0.05) is 22.2 Å². The van der Waals surface area contributed by atoms with Crippen LogP contribution in [0.1, 0.15) is 34.7 Å². The minimum atomic E-state index is 0.0616. The smallest absolute Gasteiger partial charge is 0.259 e. The molecule has 28 heavy (non-hydrogen) atoms. The van der Waals surface area contributed by atoms with Gasteiger partial charge in [-0.2, -0.15) is 0 Å². The molecule has 0 bridgehead atoms. The van der Waals surface area contributed by atoms with Gasteiger partial charge in [-0.05, 0) is 43.9 Å². The van der Waals surface area contributed by atoms with E-state index in [1.54, 1.807) is 17.4 Å². The lowest BCUT2D eigenvalue weighted by Gasteiger charge is -2.20. The molecule has 3 aromatic rings. The van der Waals surface area contributed by atoms with Crippen molar-refractivity contribution in [2.45, 2.75) is 38.8 Å². The largest absolute Gasteiger partial charge is 0.486 e. The van der Waals surface area contributed by atoms with Crippen LogP contribution in [0.5, 0.6) is 11.5 Å². The van der Waals surface area contributed by atoms with Crippen LogP contribution in [-0.4, -0.2) is 29.6 Å². The van der Waals surface area contributed by atoms with Crippen molar-refractivity contribution in [3.8, 4) is 11.5 Å². The summed E-state index contributed by atoms with van der Waals surface area (Å²) in [5, 5.41) is 0. The first-order chi connectivity index (χ1) is 13.7. The Kier molecular flexibility index (Phi) is 4.56. The summed E-state index contributed by atoms with van der Waals surface area (Å²) in [4.78, 5) is 21.0. The summed E-state index contributed by atoms with van der Waals surface area (Å²) < 4.78 is 13.1. The summed E-state index contributed by atoms with van der Waals surface area (Å²) in [6.45, 7) is 2.74. The molecular weight excluding hydrogens is 374 g/mol. The summed E-state index contributed by atoms with van der Waals surface area (Å²) in [5.74, 6) is 1.63. The predicted molar refractivity (Wildman–Crippen MR) is 108 cm³/mol. The molecule has 0 amide bonds. The molecule has 5 rings (SSSR count). The van der Waals surface area contributed by atoms with Gasteiger partial charge in [0.05, 0.1) is 7.05 Å². The summed E-state index contributed by atoms with van der Waals surface area (Å²) >= 11 is 1.69. The van der Waals surface area contributed by atoms with Gasteiger partial charge in [-0.15, -0.1) is 11.3 Å². The third kappa shape index (κ3) is 3.29. The van der Waals surface area contributed by atoms with Crippen LogP contribution in [0.2, 0.25) is 0 Å². The molecule has 0 radical (unpaired) electrons. The first-order valence-electron chi connectivity index (χ1n) is 9.90. The van der Waals surface area contributed by atoms with Gasteiger partial charge in [0.1, 0.15) is 32.0 Å². The normalized spacial score (nSPS) is 16.8. The van der Waals surface area contributed by atoms with Crippen LogP contribution in [0.3, 0.4) is 0 Å². The van der Waals surface area contributed by atoms with E-state index in [-0.39, 0.29) is 5.56 Å². The highest BCUT2D eigenvalue weighted by atomic mass is 32.1. The molecule has 6 nitrogen and oxygen atoms in total. The molecular formula is C21H24N3O3S+. The maximum atomic E-state index is 12.7. The monoisotopic (exact) mass is 398 g/mol. The number of thiazole rings is 1. The quantitative estimate of drug-likeness (QED) is 0.726. The number of aryl methyl sites for hydroxylation is 2. The molecule has 1 unspecified atom stereocenters. The number of benzene rings is 1. The van der Waals surface area contributed by atoms with Crippen LogP contribution in [0, 0.1) is 0 Å². The Bertz CT molecular complexity index is 1090. The molecule has 1 aliphatic carbocycles. The number of aromatic nitrogens is 2. The van der Waals surface area contributed by atoms with Crippen molar-refractivity contribution < 1.29 is 14.4 Å². The van der Waals surface area contributed by atoms with Gasteiger partial charge >= 0.3 is 0 Å². The molecule has 3 heterocycles. The van der Waals surface area contributed by atoms with Crippen molar-refractivity contribution in [2.75, 3.05) is 20.3 Å². The minimum Gasteiger partial charge on any atom is -0.486 e. The fraction of sp³-hybridized carbons (Fsp3) is 0.429. The highest BCUT2D eigenvalue weighted by Gasteiger charge is 2.19. The SMILES string of the molecule is C[NH+](Cc1ccc2c(c1)OCCO2)Cc1cc(=O)n2c3c(sc2n1)CCCC3. The standard InChI is InChI=1S/C21H23N3O3S/c1-23(12-14-6-7-17-18(10-14)27-9-8-26-17)13-15-11-20(25)24-16-4-2-3-5-19(16)28-21(24)22-15/h6-7,10-11H,2-5,8-9,12-13H2,1H3/p+1. The lowest BCUT2D eigenvalue weighted by molar-refractivity contribution is -0.908. The van der Waals surface area contributed by atoms with E-state index in [0.717, 1.165) is 48.0 Å². The van der Waals surface area contributed by atoms with E-state index in [2.05, 4.69) is 19.2 Å². The lowest BCUT2D eigenvalue weighted by Crippen LogP contribution is -3.06. The van der Waals surface area contributed by atoms with Crippen molar-refractivity contribution in [3.63, 3.8) is 0 Å². The first-order valence-corrected chi connectivity index (χ1v) is 10.7. The van der Waals surface area contributed by atoms with E-state index in [1.807, 2.05) is 10.5 Å². The second-order valence-electron chi connectivity index (χ2n) is 7.67. The number of fused-ring (bicyclic) bond motifs is 4. The molecule has 2 aliphatic rings. The fourth-order valence-electron chi connectivity index (χ4n) is 4.15. The Morgan fingerprint density at radius 1 is 1.11 bits per heavy atom. The van der Waals surface area contributed by atoms with Gasteiger partial charge in [-0.3, -0.25) is 9.20 Å². The molecule has 146 valence electrons. The number of nitrogens with one attached hydrogen (secondary N) is 1. The first kappa shape index (κ1) is 17.7. The zero-order valence-electron chi connectivity index (χ0n) is 16.0. The van der Waals surface area contributed by atoms with Gasteiger partial charge in [-0.25, -0.2) is 4.98 Å². The van der Waals surface area contributed by atoms with E-state index < -0.39 is 0 Å². The predicted octanol–water partition coefficient (Wildman–Crippen LogP) is 1.62. The molecule has 1 atom stereocenters. The van der Waals surface area contributed by atoms with Gasteiger partial charge < -0.3 is 14.4 Å². The van der Waals surface area contributed by atoms with Gasteiger partial charge in [0.25, 0.3) is 5.56 Å². The number of rotatable bonds is 4. The zero-order chi connectivity index (χ0) is 19.1. The summed E-state index contributed by atoms with van der Waals surface area (Å²) in [6, 6.07) is 7.82. The van der Waals surface area contributed by atoms with E-state index in [0.29, 0.717) is 19.8 Å². The molecule has 0 spiro atoms. The van der Waals surface area contributed by atoms with Crippen LogP contribution in [0.4, 0.5) is 0 Å². The summed E-state index contributed by atoms with van der Waals surface area (Å²) in [7, 11) is 2.12. The van der Waals surface area contributed by atoms with Crippen LogP contribution in [0.25, 0.3) is 4.96 Å². The van der Waals surface area contributed by atoms with Crippen LogP contribution < -0.4 is 19.9 Å². The second kappa shape index (κ2) is 7.22. The molecule has 0 fully saturated rings. The third-order valence-corrected chi connectivity index (χ3v) is 6.55. The average Bonchev–Trinajstić information content (AvgIpc) is 3.06. The van der Waals surface area contributed by atoms with Crippen molar-refractivity contribution in [1.29, 1.82) is 0 Å². The van der Waals surface area contributed by atoms with Crippen molar-refractivity contribution in [2.24, 2.45) is 0 Å². The minimum absolute atomic E-state index is 0.0616. The topological polar surface area (TPSA) is 57.3 Å². The number of ether oxygens (including phenoxy) is 2. The average molecular weight is 399 g/mol. The molecule has 7 heteroatoms. The van der Waals surface area contributed by atoms with E-state index in [9.17, 15) is 4.79 Å². The fourth-order valence-corrected chi connectivity index (χ4v) is 5.38. The number of quaternary nitrogens is 1. The van der Waals surface area contributed by atoms with Crippen molar-refractivity contribution in [3.05, 3.63) is 56.4 Å². The zero-order valence-corrected chi connectivity index (χ0v) is 16.8. The molecule has 0 saturated carbocycles. The Morgan fingerprint density at radius 3 is 2.82 bits per heavy atom. The highest BCUT2D eigenvalue weighted by Crippen LogP contribution is 2.30. The van der Waals surface area contributed by atoms with Gasteiger partial charge in [0.2, 0.25) is 0 Å². The lowest BCUT2D eigenvalue weighted by atomic mass is 10.0. The van der Waals surface area contributed by atoms with Crippen LogP contribution >= 0.6 is 11.3 Å². The summed E-state index contributed by atoms with van der Waals surface area (Å²) in [5.41, 5.74) is 3.29. The maximum absolute atomic E-state index is 12.7. The van der Waals surface area contributed by atoms with E-state index in [1.165, 1.54) is 27.5 Å². The Balaban J connectivity index is 1.35. The van der Waals surface area contributed by atoms with Crippen molar-refractivity contribution >= 4 is 16.3 Å². The molecule has 1 aromatic carbocycles. The number of hydrogen-bond acceptors (Lipinski definition) is 5. The van der Waals surface area contributed by atoms with Crippen molar-refractivity contribution in [1.82, 2.24) is 9.38 Å². The number of hydrogen-bond donors (Lipinski definition) is 1. The Hall–Kier alpha value is -2.38. The molecule has 1 N–H and O–H groups in total. The Morgan fingerprint density at radius 2 is 1.93 bits per heavy atom. The molecule has 2 aromatic heterocycles. The van der Waals surface area contributed by atoms with Crippen LogP contribution in [0.15, 0.2) is 29.1 Å². The van der Waals surface area contributed by atoms with E-state index in [4.69, 9.17) is 14.5 Å². The van der Waals surface area contributed by atoms with E-state index >= 15 is 0 Å².